The molecule has 240 valence electrons. The molecule has 0 bridgehead atoms. The molecule has 0 saturated heterocycles. The predicted octanol–water partition coefficient (Wildman–Crippen LogP) is 4.29. The Hall–Kier alpha value is -2.39. The molecule has 9 nitrogen and oxygen atoms in total. The van der Waals surface area contributed by atoms with Gasteiger partial charge in [-0.05, 0) is 83.0 Å². The zero-order valence-corrected chi connectivity index (χ0v) is 27.5. The van der Waals surface area contributed by atoms with Crippen LogP contribution in [-0.2, 0) is 33.4 Å². The molecular weight excluding hydrogens is 552 g/mol. The van der Waals surface area contributed by atoms with Crippen molar-refractivity contribution in [1.82, 2.24) is 0 Å². The Morgan fingerprint density at radius 1 is 0.953 bits per heavy atom. The first-order valence-electron chi connectivity index (χ1n) is 15.5. The average molecular weight is 603 g/mol. The van der Waals surface area contributed by atoms with Crippen LogP contribution in [0.3, 0.4) is 0 Å². The minimum atomic E-state index is -1.93. The maximum Gasteiger partial charge on any atom is 0.303 e. The van der Waals surface area contributed by atoms with Crippen LogP contribution in [0.25, 0.3) is 0 Å². The van der Waals surface area contributed by atoms with E-state index in [1.807, 2.05) is 27.7 Å². The number of ether oxygens (including phenoxy) is 2. The number of ketones is 3. The van der Waals surface area contributed by atoms with Crippen LogP contribution in [-0.4, -0.2) is 62.9 Å². The molecular formula is C34H50O9. The quantitative estimate of drug-likeness (QED) is 0.322. The molecule has 4 aliphatic rings. The van der Waals surface area contributed by atoms with Gasteiger partial charge in [0, 0.05) is 43.4 Å². The summed E-state index contributed by atoms with van der Waals surface area (Å²) in [5, 5.41) is 22.3. The Bertz CT molecular complexity index is 1270. The molecule has 43 heavy (non-hydrogen) atoms. The van der Waals surface area contributed by atoms with Crippen molar-refractivity contribution in [2.24, 2.45) is 39.4 Å². The van der Waals surface area contributed by atoms with Gasteiger partial charge in [0.15, 0.2) is 17.7 Å². The highest BCUT2D eigenvalue weighted by molar-refractivity contribution is 5.96. The van der Waals surface area contributed by atoms with Crippen LogP contribution >= 0.6 is 0 Å². The van der Waals surface area contributed by atoms with Crippen LogP contribution in [0.15, 0.2) is 11.6 Å². The minimum absolute atomic E-state index is 0.0342. The first kappa shape index (κ1) is 33.5. The van der Waals surface area contributed by atoms with Crippen LogP contribution in [0.2, 0.25) is 0 Å². The zero-order valence-electron chi connectivity index (χ0n) is 27.5. The normalized spacial score (nSPS) is 39.9. The Morgan fingerprint density at radius 2 is 1.53 bits per heavy atom. The lowest BCUT2D eigenvalue weighted by molar-refractivity contribution is -0.188. The lowest BCUT2D eigenvalue weighted by Gasteiger charge is -2.64. The molecule has 9 heteroatoms. The maximum absolute atomic E-state index is 14.6. The molecule has 9 unspecified atom stereocenters. The van der Waals surface area contributed by atoms with Gasteiger partial charge in [-0.1, -0.05) is 32.4 Å². The summed E-state index contributed by atoms with van der Waals surface area (Å²) in [7, 11) is 0. The van der Waals surface area contributed by atoms with Gasteiger partial charge in [0.25, 0.3) is 0 Å². The van der Waals surface area contributed by atoms with E-state index < -0.39 is 68.7 Å². The molecule has 4 aliphatic carbocycles. The Morgan fingerprint density at radius 3 is 2.07 bits per heavy atom. The van der Waals surface area contributed by atoms with Crippen molar-refractivity contribution < 1.29 is 43.7 Å². The van der Waals surface area contributed by atoms with E-state index in [0.29, 0.717) is 12.8 Å². The molecule has 2 N–H and O–H groups in total. The van der Waals surface area contributed by atoms with Crippen molar-refractivity contribution in [2.45, 2.75) is 131 Å². The van der Waals surface area contributed by atoms with Gasteiger partial charge in [-0.2, -0.15) is 0 Å². The minimum Gasteiger partial charge on any atom is -0.462 e. The number of carbonyl (C=O) groups excluding carboxylic acids is 5. The fraction of sp³-hybridized carbons (Fsp3) is 0.794. The van der Waals surface area contributed by atoms with Gasteiger partial charge in [-0.15, -0.1) is 0 Å². The number of Topliss-reactive ketones (excluding diaryl/α,β-unsaturated/α-hetero) is 3. The van der Waals surface area contributed by atoms with Crippen LogP contribution in [0, 0.1) is 39.4 Å². The molecule has 0 spiro atoms. The lowest BCUT2D eigenvalue weighted by atomic mass is 9.38. The van der Waals surface area contributed by atoms with Crippen molar-refractivity contribution in [2.75, 3.05) is 0 Å². The summed E-state index contributed by atoms with van der Waals surface area (Å²) in [6, 6.07) is 0. The summed E-state index contributed by atoms with van der Waals surface area (Å²) < 4.78 is 11.4. The number of hydrogen-bond acceptors (Lipinski definition) is 9. The SMILES string of the molecule is CC(=O)OC1CC2C(=CCC3C2(C)C(=O)CC2(C)C(C(C)(O)C(=O)CCC(C)(C)O)C(OC(C)=O)CC32C)C(C)(C)C1=O. The second-order valence-electron chi connectivity index (χ2n) is 15.8. The smallest absolute Gasteiger partial charge is 0.303 e. The molecule has 0 aromatic heterocycles. The van der Waals surface area contributed by atoms with E-state index in [1.54, 1.807) is 13.8 Å². The number of allylic oxidation sites excluding steroid dienone is 2. The molecule has 4 rings (SSSR count). The van der Waals surface area contributed by atoms with Crippen molar-refractivity contribution in [3.63, 3.8) is 0 Å². The van der Waals surface area contributed by atoms with Crippen LogP contribution in [0.1, 0.15) is 108 Å². The third-order valence-electron chi connectivity index (χ3n) is 12.1. The van der Waals surface area contributed by atoms with Crippen molar-refractivity contribution in [3.8, 4) is 0 Å². The topological polar surface area (TPSA) is 144 Å². The van der Waals surface area contributed by atoms with E-state index >= 15 is 0 Å². The van der Waals surface area contributed by atoms with E-state index in [4.69, 9.17) is 9.47 Å². The third kappa shape index (κ3) is 5.02. The number of aliphatic hydroxyl groups is 2. The summed E-state index contributed by atoms with van der Waals surface area (Å²) in [5.74, 6) is -3.23. The van der Waals surface area contributed by atoms with Gasteiger partial charge in [-0.25, -0.2) is 0 Å². The van der Waals surface area contributed by atoms with E-state index in [2.05, 4.69) is 13.0 Å². The molecule has 3 saturated carbocycles. The lowest BCUT2D eigenvalue weighted by Crippen LogP contribution is -2.65. The van der Waals surface area contributed by atoms with E-state index in [-0.39, 0.29) is 49.1 Å². The van der Waals surface area contributed by atoms with Crippen LogP contribution in [0.5, 0.6) is 0 Å². The summed E-state index contributed by atoms with van der Waals surface area (Å²) in [5.41, 5.74) is -5.55. The highest BCUT2D eigenvalue weighted by atomic mass is 16.5. The van der Waals surface area contributed by atoms with E-state index in [0.717, 1.165) is 5.57 Å². The van der Waals surface area contributed by atoms with Gasteiger partial charge in [0.2, 0.25) is 0 Å². The summed E-state index contributed by atoms with van der Waals surface area (Å²) in [6.07, 6.45) is 1.48. The number of carbonyl (C=O) groups is 5. The maximum atomic E-state index is 14.6. The first-order valence-corrected chi connectivity index (χ1v) is 15.5. The highest BCUT2D eigenvalue weighted by Crippen LogP contribution is 2.74. The number of hydrogen-bond donors (Lipinski definition) is 2. The number of rotatable bonds is 7. The number of esters is 2. The van der Waals surface area contributed by atoms with Crippen LogP contribution in [0.4, 0.5) is 0 Å². The van der Waals surface area contributed by atoms with E-state index in [9.17, 15) is 34.2 Å². The fourth-order valence-corrected chi connectivity index (χ4v) is 9.80. The summed E-state index contributed by atoms with van der Waals surface area (Å²) in [6.45, 7) is 16.9. The molecule has 0 amide bonds. The van der Waals surface area contributed by atoms with Gasteiger partial charge < -0.3 is 19.7 Å². The van der Waals surface area contributed by atoms with Gasteiger partial charge >= 0.3 is 11.9 Å². The number of fused-ring (bicyclic) bond motifs is 5. The van der Waals surface area contributed by atoms with Crippen molar-refractivity contribution in [1.29, 1.82) is 0 Å². The standard InChI is InChI=1S/C34H50O9/c1-18(35)42-22-15-21-20(30(5,6)28(22)39)11-12-24-31(7)16-23(43-19(2)36)27(32(31,8)17-26(38)33(21,24)9)34(10,41)25(37)13-14-29(3,4)40/h11,21-24,27,40-41H,12-17H2,1-10H3. The van der Waals surface area contributed by atoms with Crippen molar-refractivity contribution >= 4 is 29.3 Å². The molecule has 0 aromatic rings. The second-order valence-corrected chi connectivity index (χ2v) is 15.8. The Balaban J connectivity index is 1.83. The van der Waals surface area contributed by atoms with Crippen LogP contribution < -0.4 is 0 Å². The summed E-state index contributed by atoms with van der Waals surface area (Å²) in [4.78, 5) is 66.0. The Labute approximate surface area is 255 Å². The van der Waals surface area contributed by atoms with Gasteiger partial charge in [-0.3, -0.25) is 24.0 Å². The average Bonchev–Trinajstić information content (AvgIpc) is 3.06. The molecule has 0 aliphatic heterocycles. The highest BCUT2D eigenvalue weighted by Gasteiger charge is 2.75. The van der Waals surface area contributed by atoms with Gasteiger partial charge in [0.1, 0.15) is 17.5 Å². The largest absolute Gasteiger partial charge is 0.462 e. The monoisotopic (exact) mass is 602 g/mol. The zero-order chi connectivity index (χ0) is 32.7. The third-order valence-corrected chi connectivity index (χ3v) is 12.1. The Kier molecular flexibility index (Phi) is 8.05. The van der Waals surface area contributed by atoms with E-state index in [1.165, 1.54) is 20.8 Å². The van der Waals surface area contributed by atoms with Crippen molar-refractivity contribution in [3.05, 3.63) is 11.6 Å². The second kappa shape index (κ2) is 10.3. The fourth-order valence-electron chi connectivity index (χ4n) is 9.80. The molecule has 0 aromatic carbocycles. The predicted molar refractivity (Wildman–Crippen MR) is 157 cm³/mol. The van der Waals surface area contributed by atoms with Gasteiger partial charge in [0.05, 0.1) is 5.60 Å². The first-order chi connectivity index (χ1) is 19.4. The molecule has 0 heterocycles. The molecule has 0 radical (unpaired) electrons. The molecule has 9 atom stereocenters. The summed E-state index contributed by atoms with van der Waals surface area (Å²) >= 11 is 0. The molecule has 3 fully saturated rings.